The first-order valence-corrected chi connectivity index (χ1v) is 7.17. The number of carbonyl (C=O) groups is 1. The van der Waals surface area contributed by atoms with E-state index in [1.165, 1.54) is 0 Å². The fourth-order valence-corrected chi connectivity index (χ4v) is 2.61. The van der Waals surface area contributed by atoms with Gasteiger partial charge in [0.1, 0.15) is 5.75 Å². The van der Waals surface area contributed by atoms with Gasteiger partial charge in [0.25, 0.3) is 0 Å². The molecule has 2 aromatic carbocycles. The van der Waals surface area contributed by atoms with Crippen LogP contribution >= 0.6 is 0 Å². The SMILES string of the molecule is COc1cccc2[nH]cc(CC(=O)Nc3ccccc3C)c12. The summed E-state index contributed by atoms with van der Waals surface area (Å²) in [6.45, 7) is 1.98. The highest BCUT2D eigenvalue weighted by Crippen LogP contribution is 2.29. The van der Waals surface area contributed by atoms with Gasteiger partial charge in [0.05, 0.1) is 13.5 Å². The highest BCUT2D eigenvalue weighted by molar-refractivity contribution is 5.97. The van der Waals surface area contributed by atoms with Crippen LogP contribution in [-0.2, 0) is 11.2 Å². The molecule has 0 aliphatic rings. The molecule has 0 aliphatic carbocycles. The zero-order valence-electron chi connectivity index (χ0n) is 12.6. The minimum Gasteiger partial charge on any atom is -0.496 e. The molecule has 1 aromatic heterocycles. The Balaban J connectivity index is 1.84. The lowest BCUT2D eigenvalue weighted by Crippen LogP contribution is -2.15. The number of nitrogens with one attached hydrogen (secondary N) is 2. The number of benzene rings is 2. The van der Waals surface area contributed by atoms with Crippen LogP contribution in [0, 0.1) is 6.92 Å². The highest BCUT2D eigenvalue weighted by Gasteiger charge is 2.13. The number of rotatable bonds is 4. The van der Waals surface area contributed by atoms with E-state index in [-0.39, 0.29) is 5.91 Å². The number of hydrogen-bond donors (Lipinski definition) is 2. The summed E-state index contributed by atoms with van der Waals surface area (Å²) in [5, 5.41) is 3.92. The number of carbonyl (C=O) groups excluding carboxylic acids is 1. The molecule has 22 heavy (non-hydrogen) atoms. The van der Waals surface area contributed by atoms with Gasteiger partial charge in [-0.05, 0) is 36.2 Å². The normalized spacial score (nSPS) is 10.6. The Morgan fingerprint density at radius 3 is 2.77 bits per heavy atom. The largest absolute Gasteiger partial charge is 0.496 e. The van der Waals surface area contributed by atoms with Gasteiger partial charge in [-0.2, -0.15) is 0 Å². The van der Waals surface area contributed by atoms with Crippen molar-refractivity contribution >= 4 is 22.5 Å². The number of ether oxygens (including phenoxy) is 1. The van der Waals surface area contributed by atoms with Gasteiger partial charge in [-0.15, -0.1) is 0 Å². The standard InChI is InChI=1S/C18H18N2O2/c1-12-6-3-4-7-14(12)20-17(21)10-13-11-19-15-8-5-9-16(22-2)18(13)15/h3-9,11,19H,10H2,1-2H3,(H,20,21). The van der Waals surface area contributed by atoms with Gasteiger partial charge in [0.2, 0.25) is 5.91 Å². The van der Waals surface area contributed by atoms with Crippen LogP contribution in [0.15, 0.2) is 48.7 Å². The molecule has 1 heterocycles. The van der Waals surface area contributed by atoms with E-state index < -0.39 is 0 Å². The molecular formula is C18H18N2O2. The van der Waals surface area contributed by atoms with E-state index in [0.29, 0.717) is 6.42 Å². The van der Waals surface area contributed by atoms with Crippen molar-refractivity contribution in [2.75, 3.05) is 12.4 Å². The maximum absolute atomic E-state index is 12.3. The molecule has 0 fully saturated rings. The fourth-order valence-electron chi connectivity index (χ4n) is 2.61. The van der Waals surface area contributed by atoms with E-state index in [0.717, 1.165) is 33.5 Å². The van der Waals surface area contributed by atoms with Crippen LogP contribution < -0.4 is 10.1 Å². The average Bonchev–Trinajstić information content (AvgIpc) is 2.93. The Bertz CT molecular complexity index is 821. The third-order valence-electron chi connectivity index (χ3n) is 3.74. The number of amides is 1. The van der Waals surface area contributed by atoms with E-state index >= 15 is 0 Å². The third-order valence-corrected chi connectivity index (χ3v) is 3.74. The van der Waals surface area contributed by atoms with Gasteiger partial charge in [-0.1, -0.05) is 24.3 Å². The van der Waals surface area contributed by atoms with Crippen molar-refractivity contribution in [3.63, 3.8) is 0 Å². The van der Waals surface area contributed by atoms with Gasteiger partial charge in [-0.25, -0.2) is 0 Å². The molecule has 0 saturated heterocycles. The van der Waals surface area contributed by atoms with Crippen molar-refractivity contribution in [2.45, 2.75) is 13.3 Å². The molecule has 3 aromatic rings. The summed E-state index contributed by atoms with van der Waals surface area (Å²) in [7, 11) is 1.64. The molecule has 0 aliphatic heterocycles. The van der Waals surface area contributed by atoms with Gasteiger partial charge >= 0.3 is 0 Å². The van der Waals surface area contributed by atoms with Crippen molar-refractivity contribution in [1.29, 1.82) is 0 Å². The van der Waals surface area contributed by atoms with E-state index in [1.807, 2.05) is 55.6 Å². The molecule has 4 heteroatoms. The fraction of sp³-hybridized carbons (Fsp3) is 0.167. The number of aromatic amines is 1. The quantitative estimate of drug-likeness (QED) is 0.771. The number of H-pyrrole nitrogens is 1. The molecule has 1 amide bonds. The van der Waals surface area contributed by atoms with Crippen molar-refractivity contribution < 1.29 is 9.53 Å². The number of para-hydroxylation sites is 1. The number of anilines is 1. The minimum absolute atomic E-state index is 0.0406. The van der Waals surface area contributed by atoms with Gasteiger partial charge in [0, 0.05) is 22.8 Å². The van der Waals surface area contributed by atoms with Gasteiger partial charge < -0.3 is 15.0 Å². The van der Waals surface area contributed by atoms with Crippen LogP contribution in [0.2, 0.25) is 0 Å². The van der Waals surface area contributed by atoms with Crippen LogP contribution in [-0.4, -0.2) is 18.0 Å². The first-order chi connectivity index (χ1) is 10.7. The predicted octanol–water partition coefficient (Wildman–Crippen LogP) is 3.67. The van der Waals surface area contributed by atoms with E-state index in [4.69, 9.17) is 4.74 Å². The molecule has 112 valence electrons. The molecule has 0 unspecified atom stereocenters. The zero-order chi connectivity index (χ0) is 15.5. The smallest absolute Gasteiger partial charge is 0.228 e. The van der Waals surface area contributed by atoms with Crippen LogP contribution in [0.25, 0.3) is 10.9 Å². The minimum atomic E-state index is -0.0406. The molecule has 0 atom stereocenters. The second-order valence-corrected chi connectivity index (χ2v) is 5.24. The summed E-state index contributed by atoms with van der Waals surface area (Å²) in [6, 6.07) is 13.6. The Morgan fingerprint density at radius 2 is 2.00 bits per heavy atom. The molecule has 4 nitrogen and oxygen atoms in total. The molecular weight excluding hydrogens is 276 g/mol. The molecule has 3 rings (SSSR count). The lowest BCUT2D eigenvalue weighted by Gasteiger charge is -2.08. The van der Waals surface area contributed by atoms with E-state index in [9.17, 15) is 4.79 Å². The molecule has 0 radical (unpaired) electrons. The first kappa shape index (κ1) is 14.2. The predicted molar refractivity (Wildman–Crippen MR) is 88.4 cm³/mol. The second-order valence-electron chi connectivity index (χ2n) is 5.24. The summed E-state index contributed by atoms with van der Waals surface area (Å²) in [5.41, 5.74) is 3.79. The van der Waals surface area contributed by atoms with Crippen molar-refractivity contribution in [1.82, 2.24) is 4.98 Å². The summed E-state index contributed by atoms with van der Waals surface area (Å²) in [4.78, 5) is 15.5. The van der Waals surface area contributed by atoms with E-state index in [2.05, 4.69) is 10.3 Å². The highest BCUT2D eigenvalue weighted by atomic mass is 16.5. The van der Waals surface area contributed by atoms with Crippen molar-refractivity contribution in [2.24, 2.45) is 0 Å². The summed E-state index contributed by atoms with van der Waals surface area (Å²) in [6.07, 6.45) is 2.17. The summed E-state index contributed by atoms with van der Waals surface area (Å²) in [5.74, 6) is 0.735. The lowest BCUT2D eigenvalue weighted by molar-refractivity contribution is -0.115. The van der Waals surface area contributed by atoms with Crippen molar-refractivity contribution in [3.05, 3.63) is 59.8 Å². The number of hydrogen-bond acceptors (Lipinski definition) is 2. The Hall–Kier alpha value is -2.75. The summed E-state index contributed by atoms with van der Waals surface area (Å²) >= 11 is 0. The topological polar surface area (TPSA) is 54.1 Å². The van der Waals surface area contributed by atoms with Crippen molar-refractivity contribution in [3.8, 4) is 5.75 Å². The van der Waals surface area contributed by atoms with Crippen LogP contribution in [0.4, 0.5) is 5.69 Å². The maximum Gasteiger partial charge on any atom is 0.228 e. The van der Waals surface area contributed by atoms with E-state index in [1.54, 1.807) is 7.11 Å². The molecule has 0 spiro atoms. The molecule has 0 bridgehead atoms. The maximum atomic E-state index is 12.3. The monoisotopic (exact) mass is 294 g/mol. The Morgan fingerprint density at radius 1 is 1.18 bits per heavy atom. The second kappa shape index (κ2) is 5.93. The van der Waals surface area contributed by atoms with Gasteiger partial charge in [-0.3, -0.25) is 4.79 Å². The zero-order valence-corrected chi connectivity index (χ0v) is 12.6. The Kier molecular flexibility index (Phi) is 3.83. The first-order valence-electron chi connectivity index (χ1n) is 7.17. The van der Waals surface area contributed by atoms with Crippen LogP contribution in [0.1, 0.15) is 11.1 Å². The number of fused-ring (bicyclic) bond motifs is 1. The lowest BCUT2D eigenvalue weighted by atomic mass is 10.1. The molecule has 2 N–H and O–H groups in total. The number of aromatic nitrogens is 1. The summed E-state index contributed by atoms with van der Waals surface area (Å²) < 4.78 is 5.39. The number of methoxy groups -OCH3 is 1. The van der Waals surface area contributed by atoms with Crippen LogP contribution in [0.5, 0.6) is 5.75 Å². The van der Waals surface area contributed by atoms with Gasteiger partial charge in [0.15, 0.2) is 0 Å². The Labute approximate surface area is 129 Å². The number of aryl methyl sites for hydroxylation is 1. The third kappa shape index (κ3) is 2.68. The average molecular weight is 294 g/mol. The van der Waals surface area contributed by atoms with Crippen LogP contribution in [0.3, 0.4) is 0 Å². The molecule has 0 saturated carbocycles.